The Labute approximate surface area is 136 Å². The number of aromatic nitrogens is 1. The van der Waals surface area contributed by atoms with Crippen LogP contribution in [0.4, 0.5) is 0 Å². The molecule has 106 valence electrons. The lowest BCUT2D eigenvalue weighted by molar-refractivity contribution is 0.104. The average molecular weight is 363 g/mol. The van der Waals surface area contributed by atoms with Gasteiger partial charge < -0.3 is 4.57 Å². The van der Waals surface area contributed by atoms with Crippen LogP contribution in [0.1, 0.15) is 22.8 Å². The monoisotopic (exact) mass is 361 g/mol. The molecule has 0 spiro atoms. The van der Waals surface area contributed by atoms with E-state index in [1.165, 1.54) is 0 Å². The van der Waals surface area contributed by atoms with Crippen LogP contribution in [-0.4, -0.2) is 10.4 Å². The van der Waals surface area contributed by atoms with E-state index in [2.05, 4.69) is 27.4 Å². The Morgan fingerprint density at radius 1 is 1.24 bits per heavy atom. The third kappa shape index (κ3) is 2.63. The van der Waals surface area contributed by atoms with Crippen LogP contribution >= 0.6 is 27.5 Å². The van der Waals surface area contributed by atoms with Gasteiger partial charge >= 0.3 is 0 Å². The lowest BCUT2D eigenvalue weighted by atomic mass is 10.0. The molecule has 0 radical (unpaired) electrons. The van der Waals surface area contributed by atoms with Crippen LogP contribution < -0.4 is 0 Å². The Hall–Kier alpha value is -1.58. The van der Waals surface area contributed by atoms with Crippen LogP contribution in [0.15, 0.2) is 53.1 Å². The Morgan fingerprint density at radius 2 is 2.05 bits per heavy atom. The van der Waals surface area contributed by atoms with Gasteiger partial charge in [-0.15, -0.1) is 0 Å². The van der Waals surface area contributed by atoms with E-state index in [4.69, 9.17) is 11.6 Å². The zero-order valence-electron chi connectivity index (χ0n) is 11.4. The zero-order chi connectivity index (χ0) is 15.0. The number of hydrogen-bond donors (Lipinski definition) is 0. The maximum atomic E-state index is 12.8. The largest absolute Gasteiger partial charge is 0.347 e. The SMILES string of the molecule is CCn1cc(C(=O)c2cccc(Cl)c2)c2cc(Br)ccc21. The third-order valence-electron chi connectivity index (χ3n) is 3.52. The Balaban J connectivity index is 2.20. The summed E-state index contributed by atoms with van der Waals surface area (Å²) in [7, 11) is 0. The van der Waals surface area contributed by atoms with E-state index in [0.717, 1.165) is 21.9 Å². The standard InChI is InChI=1S/C17H13BrClNO/c1-2-20-10-15(14-9-12(18)6-7-16(14)20)17(21)11-4-3-5-13(19)8-11/h3-10H,2H2,1H3. The van der Waals surface area contributed by atoms with E-state index < -0.39 is 0 Å². The Kier molecular flexibility index (Phi) is 3.87. The van der Waals surface area contributed by atoms with Gasteiger partial charge in [-0.2, -0.15) is 0 Å². The van der Waals surface area contributed by atoms with E-state index in [1.54, 1.807) is 24.3 Å². The van der Waals surface area contributed by atoms with Crippen molar-refractivity contribution < 1.29 is 4.79 Å². The number of rotatable bonds is 3. The van der Waals surface area contributed by atoms with Crippen molar-refractivity contribution in [2.75, 3.05) is 0 Å². The van der Waals surface area contributed by atoms with Crippen LogP contribution in [0.2, 0.25) is 5.02 Å². The van der Waals surface area contributed by atoms with Crippen molar-refractivity contribution in [2.24, 2.45) is 0 Å². The molecule has 1 aromatic heterocycles. The minimum absolute atomic E-state index is 0.00667. The molecule has 0 fully saturated rings. The second-order valence-electron chi connectivity index (χ2n) is 4.83. The Morgan fingerprint density at radius 3 is 2.76 bits per heavy atom. The molecular formula is C17H13BrClNO. The molecule has 0 aliphatic rings. The topological polar surface area (TPSA) is 22.0 Å². The summed E-state index contributed by atoms with van der Waals surface area (Å²) in [4.78, 5) is 12.8. The summed E-state index contributed by atoms with van der Waals surface area (Å²) in [6.07, 6.45) is 1.92. The molecule has 3 rings (SSSR count). The number of fused-ring (bicyclic) bond motifs is 1. The summed E-state index contributed by atoms with van der Waals surface area (Å²) in [5.41, 5.74) is 2.37. The highest BCUT2D eigenvalue weighted by atomic mass is 79.9. The summed E-state index contributed by atoms with van der Waals surface area (Å²) < 4.78 is 3.04. The van der Waals surface area contributed by atoms with Crippen molar-refractivity contribution in [1.82, 2.24) is 4.57 Å². The van der Waals surface area contributed by atoms with E-state index in [1.807, 2.05) is 24.4 Å². The van der Waals surface area contributed by atoms with Crippen LogP contribution in [0.5, 0.6) is 0 Å². The number of benzene rings is 2. The number of carbonyl (C=O) groups excluding carboxylic acids is 1. The smallest absolute Gasteiger partial charge is 0.195 e. The zero-order valence-corrected chi connectivity index (χ0v) is 13.8. The highest BCUT2D eigenvalue weighted by Crippen LogP contribution is 2.27. The summed E-state index contributed by atoms with van der Waals surface area (Å²) in [5, 5.41) is 1.53. The highest BCUT2D eigenvalue weighted by molar-refractivity contribution is 9.10. The number of carbonyl (C=O) groups is 1. The van der Waals surface area contributed by atoms with Crippen molar-refractivity contribution in [2.45, 2.75) is 13.5 Å². The van der Waals surface area contributed by atoms with Crippen molar-refractivity contribution in [1.29, 1.82) is 0 Å². The number of aryl methyl sites for hydroxylation is 1. The maximum Gasteiger partial charge on any atom is 0.195 e. The summed E-state index contributed by atoms with van der Waals surface area (Å²) in [6.45, 7) is 2.89. The molecule has 0 aliphatic heterocycles. The van der Waals surface area contributed by atoms with Gasteiger partial charge in [-0.05, 0) is 37.3 Å². The molecule has 2 aromatic carbocycles. The molecule has 0 bridgehead atoms. The van der Waals surface area contributed by atoms with E-state index in [0.29, 0.717) is 16.1 Å². The van der Waals surface area contributed by atoms with Gasteiger partial charge in [0.05, 0.1) is 0 Å². The fourth-order valence-electron chi connectivity index (χ4n) is 2.50. The minimum atomic E-state index is -0.00667. The van der Waals surface area contributed by atoms with Crippen molar-refractivity contribution in [3.05, 3.63) is 69.3 Å². The molecule has 3 aromatic rings. The van der Waals surface area contributed by atoms with Crippen LogP contribution in [0.25, 0.3) is 10.9 Å². The van der Waals surface area contributed by atoms with Gasteiger partial charge in [0.25, 0.3) is 0 Å². The molecule has 0 atom stereocenters. The van der Waals surface area contributed by atoms with Crippen LogP contribution in [-0.2, 0) is 6.54 Å². The number of ketones is 1. The first-order valence-corrected chi connectivity index (χ1v) is 7.86. The number of halogens is 2. The molecule has 0 saturated heterocycles. The van der Waals surface area contributed by atoms with Crippen LogP contribution in [0, 0.1) is 0 Å². The van der Waals surface area contributed by atoms with Gasteiger partial charge in [-0.3, -0.25) is 4.79 Å². The maximum absolute atomic E-state index is 12.8. The molecule has 2 nitrogen and oxygen atoms in total. The highest BCUT2D eigenvalue weighted by Gasteiger charge is 2.16. The average Bonchev–Trinajstić information content (AvgIpc) is 2.84. The molecular weight excluding hydrogens is 350 g/mol. The fourth-order valence-corrected chi connectivity index (χ4v) is 3.05. The fraction of sp³-hybridized carbons (Fsp3) is 0.118. The number of hydrogen-bond acceptors (Lipinski definition) is 1. The minimum Gasteiger partial charge on any atom is -0.347 e. The summed E-state index contributed by atoms with van der Waals surface area (Å²) >= 11 is 9.46. The second-order valence-corrected chi connectivity index (χ2v) is 6.18. The molecule has 21 heavy (non-hydrogen) atoms. The first-order valence-electron chi connectivity index (χ1n) is 6.69. The van der Waals surface area contributed by atoms with Gasteiger partial charge in [-0.1, -0.05) is 39.7 Å². The van der Waals surface area contributed by atoms with Crippen molar-refractivity contribution in [3.8, 4) is 0 Å². The van der Waals surface area contributed by atoms with Gasteiger partial charge in [0.15, 0.2) is 5.78 Å². The Bertz CT molecular complexity index is 838. The van der Waals surface area contributed by atoms with Crippen molar-refractivity contribution >= 4 is 44.2 Å². The van der Waals surface area contributed by atoms with Gasteiger partial charge in [0.1, 0.15) is 0 Å². The quantitative estimate of drug-likeness (QED) is 0.579. The molecule has 1 heterocycles. The van der Waals surface area contributed by atoms with Gasteiger partial charge in [0.2, 0.25) is 0 Å². The predicted molar refractivity (Wildman–Crippen MR) is 90.2 cm³/mol. The molecule has 0 aliphatic carbocycles. The lowest BCUT2D eigenvalue weighted by Gasteiger charge is -2.01. The van der Waals surface area contributed by atoms with E-state index in [-0.39, 0.29) is 5.78 Å². The normalized spacial score (nSPS) is 11.0. The second kappa shape index (κ2) is 5.66. The third-order valence-corrected chi connectivity index (χ3v) is 4.24. The lowest BCUT2D eigenvalue weighted by Crippen LogP contribution is -2.00. The van der Waals surface area contributed by atoms with Gasteiger partial charge in [-0.25, -0.2) is 0 Å². The predicted octanol–water partition coefficient (Wildman–Crippen LogP) is 5.31. The summed E-state index contributed by atoms with van der Waals surface area (Å²) in [6, 6.07) is 13.1. The van der Waals surface area contributed by atoms with Crippen molar-refractivity contribution in [3.63, 3.8) is 0 Å². The van der Waals surface area contributed by atoms with E-state index >= 15 is 0 Å². The molecule has 0 saturated carbocycles. The number of nitrogens with zero attached hydrogens (tertiary/aromatic N) is 1. The first-order chi connectivity index (χ1) is 10.1. The summed E-state index contributed by atoms with van der Waals surface area (Å²) in [5.74, 6) is -0.00667. The molecule has 0 amide bonds. The molecule has 4 heteroatoms. The van der Waals surface area contributed by atoms with Gasteiger partial charge in [0, 0.05) is 44.3 Å². The van der Waals surface area contributed by atoms with Crippen LogP contribution in [0.3, 0.4) is 0 Å². The van der Waals surface area contributed by atoms with E-state index in [9.17, 15) is 4.79 Å². The molecule has 0 N–H and O–H groups in total. The first kappa shape index (κ1) is 14.4. The molecule has 0 unspecified atom stereocenters.